The molecule has 1 aliphatic rings. The van der Waals surface area contributed by atoms with E-state index in [-0.39, 0.29) is 5.92 Å². The van der Waals surface area contributed by atoms with E-state index in [0.29, 0.717) is 6.04 Å². The van der Waals surface area contributed by atoms with Crippen molar-refractivity contribution in [1.82, 2.24) is 5.32 Å². The van der Waals surface area contributed by atoms with Gasteiger partial charge in [-0.2, -0.15) is 0 Å². The molecule has 0 aliphatic heterocycles. The van der Waals surface area contributed by atoms with Gasteiger partial charge >= 0.3 is 5.97 Å². The van der Waals surface area contributed by atoms with E-state index < -0.39 is 5.97 Å². The molecule has 0 bridgehead atoms. The molecular formula is C8H15NO2. The van der Waals surface area contributed by atoms with Crippen LogP contribution in [0.1, 0.15) is 26.2 Å². The number of hydrogen-bond donors (Lipinski definition) is 2. The van der Waals surface area contributed by atoms with Crippen LogP contribution in [0.25, 0.3) is 0 Å². The van der Waals surface area contributed by atoms with Crippen LogP contribution in [0.4, 0.5) is 0 Å². The average Bonchev–Trinajstić information content (AvgIpc) is 1.84. The molecule has 0 aromatic carbocycles. The molecule has 1 aliphatic carbocycles. The van der Waals surface area contributed by atoms with Crippen molar-refractivity contribution in [2.45, 2.75) is 32.2 Å². The molecule has 11 heavy (non-hydrogen) atoms. The third kappa shape index (κ3) is 2.19. The Morgan fingerprint density at radius 2 is 2.27 bits per heavy atom. The normalized spacial score (nSPS) is 29.5. The summed E-state index contributed by atoms with van der Waals surface area (Å²) in [6.07, 6.45) is 2.75. The molecule has 0 amide bonds. The van der Waals surface area contributed by atoms with Crippen LogP contribution in [0.5, 0.6) is 0 Å². The molecule has 0 aromatic rings. The number of carboxylic acids is 1. The zero-order chi connectivity index (χ0) is 8.27. The summed E-state index contributed by atoms with van der Waals surface area (Å²) in [4.78, 5) is 10.4. The first-order valence-electron chi connectivity index (χ1n) is 4.20. The van der Waals surface area contributed by atoms with E-state index in [0.717, 1.165) is 25.8 Å². The summed E-state index contributed by atoms with van der Waals surface area (Å²) in [7, 11) is 0. The zero-order valence-corrected chi connectivity index (χ0v) is 6.84. The summed E-state index contributed by atoms with van der Waals surface area (Å²) in [5, 5.41) is 11.8. The fourth-order valence-corrected chi connectivity index (χ4v) is 1.33. The van der Waals surface area contributed by atoms with Gasteiger partial charge in [0.15, 0.2) is 0 Å². The molecule has 1 fully saturated rings. The Balaban J connectivity index is 2.05. The fraction of sp³-hybridized carbons (Fsp3) is 0.875. The number of carboxylic acid groups (broad SMARTS) is 1. The largest absolute Gasteiger partial charge is 0.481 e. The van der Waals surface area contributed by atoms with Gasteiger partial charge in [-0.15, -0.1) is 0 Å². The third-order valence-corrected chi connectivity index (χ3v) is 2.17. The molecule has 0 radical (unpaired) electrons. The zero-order valence-electron chi connectivity index (χ0n) is 6.84. The number of carbonyl (C=O) groups is 1. The number of rotatable bonds is 4. The first-order valence-corrected chi connectivity index (χ1v) is 4.20. The minimum atomic E-state index is -0.639. The van der Waals surface area contributed by atoms with E-state index in [1.54, 1.807) is 0 Å². The van der Waals surface area contributed by atoms with Crippen molar-refractivity contribution >= 4 is 5.97 Å². The molecule has 1 saturated carbocycles. The minimum Gasteiger partial charge on any atom is -0.481 e. The lowest BCUT2D eigenvalue weighted by atomic mass is 9.80. The Morgan fingerprint density at radius 1 is 1.64 bits per heavy atom. The van der Waals surface area contributed by atoms with Crippen molar-refractivity contribution in [3.63, 3.8) is 0 Å². The van der Waals surface area contributed by atoms with Gasteiger partial charge in [0, 0.05) is 6.04 Å². The van der Waals surface area contributed by atoms with Gasteiger partial charge in [-0.05, 0) is 25.8 Å². The van der Waals surface area contributed by atoms with E-state index in [4.69, 9.17) is 5.11 Å². The van der Waals surface area contributed by atoms with Crippen LogP contribution < -0.4 is 5.32 Å². The van der Waals surface area contributed by atoms with E-state index in [1.807, 2.05) is 0 Å². The summed E-state index contributed by atoms with van der Waals surface area (Å²) in [5.74, 6) is -0.719. The maximum atomic E-state index is 10.4. The first-order chi connectivity index (χ1) is 5.24. The van der Waals surface area contributed by atoms with Crippen LogP contribution >= 0.6 is 0 Å². The molecule has 3 heteroatoms. The Morgan fingerprint density at radius 3 is 2.73 bits per heavy atom. The van der Waals surface area contributed by atoms with Crippen molar-refractivity contribution in [2.24, 2.45) is 5.92 Å². The van der Waals surface area contributed by atoms with Crippen LogP contribution in [0.3, 0.4) is 0 Å². The van der Waals surface area contributed by atoms with Crippen molar-refractivity contribution in [3.05, 3.63) is 0 Å². The van der Waals surface area contributed by atoms with Gasteiger partial charge in [-0.3, -0.25) is 4.79 Å². The van der Waals surface area contributed by atoms with Gasteiger partial charge < -0.3 is 10.4 Å². The second kappa shape index (κ2) is 3.72. The van der Waals surface area contributed by atoms with Gasteiger partial charge in [0.05, 0.1) is 5.92 Å². The lowest BCUT2D eigenvalue weighted by molar-refractivity contribution is -0.145. The van der Waals surface area contributed by atoms with Crippen molar-refractivity contribution in [2.75, 3.05) is 6.54 Å². The first kappa shape index (κ1) is 8.53. The van der Waals surface area contributed by atoms with E-state index >= 15 is 0 Å². The summed E-state index contributed by atoms with van der Waals surface area (Å²) in [6.45, 7) is 3.12. The predicted octanol–water partition coefficient (Wildman–Crippen LogP) is 0.849. The van der Waals surface area contributed by atoms with Gasteiger partial charge in [0.1, 0.15) is 0 Å². The molecule has 3 nitrogen and oxygen atoms in total. The minimum absolute atomic E-state index is 0.0793. The average molecular weight is 157 g/mol. The Bertz CT molecular complexity index is 141. The molecule has 64 valence electrons. The summed E-state index contributed by atoms with van der Waals surface area (Å²) < 4.78 is 0. The van der Waals surface area contributed by atoms with Gasteiger partial charge in [0.2, 0.25) is 0 Å². The third-order valence-electron chi connectivity index (χ3n) is 2.17. The topological polar surface area (TPSA) is 49.3 Å². The molecular weight excluding hydrogens is 142 g/mol. The Labute approximate surface area is 66.8 Å². The highest BCUT2D eigenvalue weighted by atomic mass is 16.4. The highest BCUT2D eigenvalue weighted by Gasteiger charge is 2.33. The van der Waals surface area contributed by atoms with Gasteiger partial charge in [0.25, 0.3) is 0 Å². The number of hydrogen-bond acceptors (Lipinski definition) is 2. The lowest BCUT2D eigenvalue weighted by Crippen LogP contribution is -2.44. The smallest absolute Gasteiger partial charge is 0.306 e. The molecule has 2 N–H and O–H groups in total. The fourth-order valence-electron chi connectivity index (χ4n) is 1.33. The van der Waals surface area contributed by atoms with Gasteiger partial charge in [-0.25, -0.2) is 0 Å². The standard InChI is InChI=1S/C8H15NO2/c1-2-3-9-7-4-6(5-7)8(10)11/h6-7,9H,2-5H2,1H3,(H,10,11). The summed E-state index contributed by atoms with van der Waals surface area (Å²) in [5.41, 5.74) is 0. The van der Waals surface area contributed by atoms with Crippen LogP contribution in [0.2, 0.25) is 0 Å². The van der Waals surface area contributed by atoms with Crippen LogP contribution in [-0.4, -0.2) is 23.7 Å². The quantitative estimate of drug-likeness (QED) is 0.636. The molecule has 0 heterocycles. The Hall–Kier alpha value is -0.570. The number of nitrogens with one attached hydrogen (secondary N) is 1. The molecule has 0 spiro atoms. The second-order valence-electron chi connectivity index (χ2n) is 3.16. The maximum Gasteiger partial charge on any atom is 0.306 e. The van der Waals surface area contributed by atoms with Crippen molar-refractivity contribution in [3.8, 4) is 0 Å². The van der Waals surface area contributed by atoms with Crippen LogP contribution in [0.15, 0.2) is 0 Å². The summed E-state index contributed by atoms with van der Waals surface area (Å²) >= 11 is 0. The second-order valence-corrected chi connectivity index (χ2v) is 3.16. The molecule has 1 rings (SSSR count). The predicted molar refractivity (Wildman–Crippen MR) is 42.4 cm³/mol. The molecule has 0 saturated heterocycles. The van der Waals surface area contributed by atoms with Crippen LogP contribution in [-0.2, 0) is 4.79 Å². The SMILES string of the molecule is CCCNC1CC(C(=O)O)C1. The lowest BCUT2D eigenvalue weighted by Gasteiger charge is -2.32. The monoisotopic (exact) mass is 157 g/mol. The van der Waals surface area contributed by atoms with Crippen molar-refractivity contribution < 1.29 is 9.90 Å². The maximum absolute atomic E-state index is 10.4. The van der Waals surface area contributed by atoms with E-state index in [1.165, 1.54) is 0 Å². The highest BCUT2D eigenvalue weighted by molar-refractivity contribution is 5.71. The van der Waals surface area contributed by atoms with E-state index in [9.17, 15) is 4.79 Å². The molecule has 0 atom stereocenters. The highest BCUT2D eigenvalue weighted by Crippen LogP contribution is 2.27. The molecule has 0 aromatic heterocycles. The van der Waals surface area contributed by atoms with Crippen LogP contribution in [0, 0.1) is 5.92 Å². The molecule has 0 unspecified atom stereocenters. The van der Waals surface area contributed by atoms with Crippen molar-refractivity contribution in [1.29, 1.82) is 0 Å². The summed E-state index contributed by atoms with van der Waals surface area (Å²) in [6, 6.07) is 0.469. The van der Waals surface area contributed by atoms with E-state index in [2.05, 4.69) is 12.2 Å². The Kier molecular flexibility index (Phi) is 2.88. The van der Waals surface area contributed by atoms with Gasteiger partial charge in [-0.1, -0.05) is 6.92 Å². The number of aliphatic carboxylic acids is 1.